The van der Waals surface area contributed by atoms with Crippen LogP contribution < -0.4 is 0 Å². The third-order valence-corrected chi connectivity index (χ3v) is 2.04. The van der Waals surface area contributed by atoms with Gasteiger partial charge in [-0.25, -0.2) is 0 Å². The van der Waals surface area contributed by atoms with E-state index < -0.39 is 27.0 Å². The molecule has 0 unspecified atom stereocenters. The second-order valence-corrected chi connectivity index (χ2v) is 3.20. The zero-order chi connectivity index (χ0) is 14.6. The zero-order valence-corrected chi connectivity index (χ0v) is 9.10. The van der Waals surface area contributed by atoms with Crippen molar-refractivity contribution in [1.29, 1.82) is 10.5 Å². The minimum absolute atomic E-state index is 0.102. The Bertz CT molecular complexity index is 629. The number of phenols is 1. The Morgan fingerprint density at radius 1 is 1.16 bits per heavy atom. The summed E-state index contributed by atoms with van der Waals surface area (Å²) in [5.74, 6) is -1.08. The number of nitriles is 2. The number of benzene rings is 1. The van der Waals surface area contributed by atoms with E-state index in [0.29, 0.717) is 0 Å². The van der Waals surface area contributed by atoms with E-state index in [9.17, 15) is 25.3 Å². The summed E-state index contributed by atoms with van der Waals surface area (Å²) in [5.41, 5.74) is -2.24. The molecule has 0 radical (unpaired) electrons. The van der Waals surface area contributed by atoms with Gasteiger partial charge >= 0.3 is 11.4 Å². The fraction of sp³-hybridized carbons (Fsp3) is 0. The fourth-order valence-electron chi connectivity index (χ4n) is 1.24. The molecule has 1 aromatic rings. The van der Waals surface area contributed by atoms with Crippen LogP contribution >= 0.6 is 0 Å². The highest BCUT2D eigenvalue weighted by molar-refractivity contribution is 5.70. The average Bonchev–Trinajstić information content (AvgIpc) is 2.36. The molecule has 0 aromatic heterocycles. The zero-order valence-electron chi connectivity index (χ0n) is 9.10. The summed E-state index contributed by atoms with van der Waals surface area (Å²) in [6.07, 6.45) is 0.944. The van der Waals surface area contributed by atoms with Gasteiger partial charge in [-0.1, -0.05) is 0 Å². The van der Waals surface area contributed by atoms with Crippen molar-refractivity contribution >= 4 is 17.5 Å². The molecule has 0 spiro atoms. The number of hydrogen-bond donors (Lipinski definition) is 1. The van der Waals surface area contributed by atoms with Gasteiger partial charge in [-0.2, -0.15) is 10.5 Å². The molecule has 9 nitrogen and oxygen atoms in total. The Morgan fingerprint density at radius 3 is 1.89 bits per heavy atom. The molecule has 0 aliphatic heterocycles. The van der Waals surface area contributed by atoms with Gasteiger partial charge in [0.15, 0.2) is 0 Å². The molecule has 0 saturated carbocycles. The topological polar surface area (TPSA) is 154 Å². The van der Waals surface area contributed by atoms with Crippen molar-refractivity contribution < 1.29 is 15.0 Å². The third kappa shape index (κ3) is 2.81. The molecule has 1 N–H and O–H groups in total. The predicted octanol–water partition coefficient (Wildman–Crippen LogP) is 1.64. The summed E-state index contributed by atoms with van der Waals surface area (Å²) in [7, 11) is 0. The number of hydrogen-bond acceptors (Lipinski definition) is 7. The van der Waals surface area contributed by atoms with Crippen LogP contribution in [0.15, 0.2) is 17.7 Å². The number of allylic oxidation sites excluding steroid dienone is 1. The summed E-state index contributed by atoms with van der Waals surface area (Å²) >= 11 is 0. The van der Waals surface area contributed by atoms with Gasteiger partial charge in [0.1, 0.15) is 17.7 Å². The number of phenolic OH excluding ortho intramolecular Hbond substituents is 1. The lowest BCUT2D eigenvalue weighted by atomic mass is 10.1. The number of nitro benzene ring substituents is 2. The van der Waals surface area contributed by atoms with Crippen molar-refractivity contribution in [2.75, 3.05) is 0 Å². The normalized spacial score (nSPS) is 8.95. The maximum Gasteiger partial charge on any atom is 0.318 e. The average molecular weight is 260 g/mol. The van der Waals surface area contributed by atoms with Gasteiger partial charge < -0.3 is 5.11 Å². The first kappa shape index (κ1) is 13.6. The second kappa shape index (κ2) is 5.25. The van der Waals surface area contributed by atoms with E-state index >= 15 is 0 Å². The van der Waals surface area contributed by atoms with Gasteiger partial charge in [0.2, 0.25) is 0 Å². The monoisotopic (exact) mass is 260 g/mol. The molecular formula is C10H4N4O5. The fourth-order valence-corrected chi connectivity index (χ4v) is 1.24. The summed E-state index contributed by atoms with van der Waals surface area (Å²) in [5, 5.41) is 47.7. The van der Waals surface area contributed by atoms with Crippen LogP contribution in [0, 0.1) is 42.9 Å². The second-order valence-electron chi connectivity index (χ2n) is 3.20. The largest absolute Gasteiger partial charge is 0.497 e. The van der Waals surface area contributed by atoms with E-state index in [0.717, 1.165) is 18.2 Å². The van der Waals surface area contributed by atoms with Crippen LogP contribution in [0.4, 0.5) is 11.4 Å². The lowest BCUT2D eigenvalue weighted by molar-refractivity contribution is -0.396. The van der Waals surface area contributed by atoms with Crippen LogP contribution in [0.5, 0.6) is 5.75 Å². The number of rotatable bonds is 3. The van der Waals surface area contributed by atoms with Crippen molar-refractivity contribution in [2.24, 2.45) is 0 Å². The highest BCUT2D eigenvalue weighted by atomic mass is 16.6. The van der Waals surface area contributed by atoms with Gasteiger partial charge in [0.05, 0.1) is 9.85 Å². The molecule has 0 atom stereocenters. The molecule has 9 heteroatoms. The Hall–Kier alpha value is -3.46. The van der Waals surface area contributed by atoms with Gasteiger partial charge in [-0.15, -0.1) is 0 Å². The molecular weight excluding hydrogens is 256 g/mol. The van der Waals surface area contributed by atoms with Gasteiger partial charge in [-0.3, -0.25) is 20.2 Å². The Balaban J connectivity index is 3.58. The summed E-state index contributed by atoms with van der Waals surface area (Å²) in [6.45, 7) is 0. The van der Waals surface area contributed by atoms with Crippen LogP contribution in [0.3, 0.4) is 0 Å². The molecule has 0 heterocycles. The quantitative estimate of drug-likeness (QED) is 0.491. The molecule has 0 bridgehead atoms. The minimum atomic E-state index is -1.08. The summed E-state index contributed by atoms with van der Waals surface area (Å²) in [4.78, 5) is 19.3. The van der Waals surface area contributed by atoms with E-state index in [-0.39, 0.29) is 11.1 Å². The number of nitro groups is 2. The van der Waals surface area contributed by atoms with Crippen molar-refractivity contribution in [3.05, 3.63) is 43.5 Å². The first-order chi connectivity index (χ1) is 8.90. The van der Waals surface area contributed by atoms with Crippen molar-refractivity contribution in [3.63, 3.8) is 0 Å². The molecule has 0 aliphatic carbocycles. The molecule has 94 valence electrons. The third-order valence-electron chi connectivity index (χ3n) is 2.04. The van der Waals surface area contributed by atoms with Crippen LogP contribution in [0.1, 0.15) is 5.56 Å². The first-order valence-electron chi connectivity index (χ1n) is 4.58. The molecule has 0 amide bonds. The Kier molecular flexibility index (Phi) is 3.76. The first-order valence-corrected chi connectivity index (χ1v) is 4.58. The standard InChI is InChI=1S/C10H4N4O5/c11-4-7(5-12)1-6-2-8(13(16)17)10(15)9(3-6)14(18)19/h1-3,15H. The molecule has 1 rings (SSSR count). The van der Waals surface area contributed by atoms with Crippen molar-refractivity contribution in [1.82, 2.24) is 0 Å². The predicted molar refractivity (Wildman–Crippen MR) is 60.6 cm³/mol. The smallest absolute Gasteiger partial charge is 0.318 e. The van der Waals surface area contributed by atoms with Crippen LogP contribution in [0.25, 0.3) is 6.08 Å². The lowest BCUT2D eigenvalue weighted by Crippen LogP contribution is -1.95. The maximum atomic E-state index is 10.6. The van der Waals surface area contributed by atoms with Gasteiger partial charge in [-0.05, 0) is 11.6 Å². The Morgan fingerprint density at radius 2 is 1.58 bits per heavy atom. The summed E-state index contributed by atoms with van der Waals surface area (Å²) < 4.78 is 0. The molecule has 1 aromatic carbocycles. The Labute approximate surface area is 105 Å². The van der Waals surface area contributed by atoms with E-state index in [1.165, 1.54) is 12.1 Å². The maximum absolute atomic E-state index is 10.6. The highest BCUT2D eigenvalue weighted by Crippen LogP contribution is 2.37. The lowest BCUT2D eigenvalue weighted by Gasteiger charge is -2.00. The van der Waals surface area contributed by atoms with Gasteiger partial charge in [0.25, 0.3) is 5.75 Å². The molecule has 19 heavy (non-hydrogen) atoms. The summed E-state index contributed by atoms with van der Waals surface area (Å²) in [6, 6.07) is 4.68. The van der Waals surface area contributed by atoms with Crippen LogP contribution in [0.2, 0.25) is 0 Å². The SMILES string of the molecule is N#CC(C#N)=Cc1cc([N+](=O)[O-])c(O)c([N+](=O)[O-])c1. The van der Waals surface area contributed by atoms with E-state index in [2.05, 4.69) is 0 Å². The molecule has 0 fully saturated rings. The molecule has 0 saturated heterocycles. The number of nitrogens with zero attached hydrogens (tertiary/aromatic N) is 4. The van der Waals surface area contributed by atoms with Crippen LogP contribution in [-0.4, -0.2) is 15.0 Å². The van der Waals surface area contributed by atoms with Crippen molar-refractivity contribution in [3.8, 4) is 17.9 Å². The highest BCUT2D eigenvalue weighted by Gasteiger charge is 2.25. The van der Waals surface area contributed by atoms with E-state index in [4.69, 9.17) is 10.5 Å². The van der Waals surface area contributed by atoms with E-state index in [1.54, 1.807) is 0 Å². The van der Waals surface area contributed by atoms with Gasteiger partial charge in [0, 0.05) is 12.1 Å². The van der Waals surface area contributed by atoms with E-state index in [1.807, 2.05) is 0 Å². The van der Waals surface area contributed by atoms with Crippen molar-refractivity contribution in [2.45, 2.75) is 0 Å². The number of aromatic hydroxyl groups is 1. The van der Waals surface area contributed by atoms with Crippen LogP contribution in [-0.2, 0) is 0 Å². The molecule has 0 aliphatic rings. The minimum Gasteiger partial charge on any atom is -0.497 e.